The van der Waals surface area contributed by atoms with Crippen LogP contribution in [0, 0.1) is 0 Å². The molecule has 0 bridgehead atoms. The maximum atomic E-state index is 11.8. The zero-order valence-corrected chi connectivity index (χ0v) is 12.9. The van der Waals surface area contributed by atoms with Gasteiger partial charge in [-0.15, -0.1) is 11.3 Å². The Morgan fingerprint density at radius 3 is 3.00 bits per heavy atom. The van der Waals surface area contributed by atoms with Crippen LogP contribution in [0.4, 0.5) is 4.79 Å². The quantitative estimate of drug-likeness (QED) is 0.842. The van der Waals surface area contributed by atoms with Gasteiger partial charge in [0.2, 0.25) is 0 Å². The average molecular weight is 297 g/mol. The van der Waals surface area contributed by atoms with Gasteiger partial charge in [-0.05, 0) is 38.4 Å². The molecule has 0 radical (unpaired) electrons. The molecule has 20 heavy (non-hydrogen) atoms. The molecule has 1 aliphatic rings. The third kappa shape index (κ3) is 4.47. The molecule has 1 aliphatic heterocycles. The van der Waals surface area contributed by atoms with Crippen LogP contribution in [0.2, 0.25) is 0 Å². The molecule has 0 aromatic carbocycles. The number of nitrogens with zero attached hydrogens (tertiary/aromatic N) is 1. The first kappa shape index (κ1) is 15.3. The lowest BCUT2D eigenvalue weighted by Crippen LogP contribution is -2.42. The molecule has 0 unspecified atom stereocenters. The Bertz CT molecular complexity index is 403. The van der Waals surface area contributed by atoms with E-state index in [4.69, 9.17) is 4.74 Å². The highest BCUT2D eigenvalue weighted by Gasteiger charge is 2.18. The largest absolute Gasteiger partial charge is 0.376 e. The average Bonchev–Trinajstić information content (AvgIpc) is 3.09. The Balaban J connectivity index is 1.73. The van der Waals surface area contributed by atoms with Crippen LogP contribution >= 0.6 is 11.3 Å². The summed E-state index contributed by atoms with van der Waals surface area (Å²) in [5.41, 5.74) is 0. The maximum Gasteiger partial charge on any atom is 0.314 e. The topological polar surface area (TPSA) is 53.6 Å². The maximum absolute atomic E-state index is 11.8. The monoisotopic (exact) mass is 297 g/mol. The van der Waals surface area contributed by atoms with Crippen molar-refractivity contribution in [3.05, 3.63) is 22.4 Å². The molecule has 1 fully saturated rings. The lowest BCUT2D eigenvalue weighted by Gasteiger charge is -2.23. The zero-order chi connectivity index (χ0) is 14.4. The molecule has 2 heterocycles. The smallest absolute Gasteiger partial charge is 0.314 e. The Hall–Kier alpha value is -1.11. The molecule has 2 rings (SSSR count). The predicted molar refractivity (Wildman–Crippen MR) is 81.1 cm³/mol. The third-order valence-corrected chi connectivity index (χ3v) is 4.44. The van der Waals surface area contributed by atoms with Crippen LogP contribution in [0.25, 0.3) is 0 Å². The SMILES string of the molecule is CN(C)[C@@H](CNC(=O)NC[C@@H]1CCCO1)c1cccs1. The second-order valence-electron chi connectivity index (χ2n) is 5.22. The number of hydrogen-bond donors (Lipinski definition) is 2. The molecule has 2 atom stereocenters. The molecule has 1 aromatic rings. The number of rotatable bonds is 6. The normalized spacial score (nSPS) is 20.1. The molecule has 0 saturated carbocycles. The van der Waals surface area contributed by atoms with E-state index in [1.165, 1.54) is 4.88 Å². The summed E-state index contributed by atoms with van der Waals surface area (Å²) in [7, 11) is 4.05. The van der Waals surface area contributed by atoms with Crippen molar-refractivity contribution in [2.24, 2.45) is 0 Å². The molecule has 0 spiro atoms. The number of hydrogen-bond acceptors (Lipinski definition) is 4. The van der Waals surface area contributed by atoms with Crippen LogP contribution < -0.4 is 10.6 Å². The predicted octanol–water partition coefficient (Wildman–Crippen LogP) is 1.83. The van der Waals surface area contributed by atoms with Crippen LogP contribution in [-0.4, -0.2) is 50.8 Å². The van der Waals surface area contributed by atoms with Crippen LogP contribution in [0.1, 0.15) is 23.8 Å². The second kappa shape index (κ2) is 7.61. The van der Waals surface area contributed by atoms with Gasteiger partial charge in [-0.1, -0.05) is 6.07 Å². The molecule has 5 nitrogen and oxygen atoms in total. The minimum absolute atomic E-state index is 0.121. The minimum Gasteiger partial charge on any atom is -0.376 e. The van der Waals surface area contributed by atoms with Gasteiger partial charge in [-0.25, -0.2) is 4.79 Å². The van der Waals surface area contributed by atoms with E-state index in [9.17, 15) is 4.79 Å². The van der Waals surface area contributed by atoms with E-state index in [0.29, 0.717) is 13.1 Å². The van der Waals surface area contributed by atoms with Crippen molar-refractivity contribution in [1.29, 1.82) is 0 Å². The van der Waals surface area contributed by atoms with Crippen LogP contribution in [0.3, 0.4) is 0 Å². The lowest BCUT2D eigenvalue weighted by atomic mass is 10.2. The number of amides is 2. The van der Waals surface area contributed by atoms with E-state index in [-0.39, 0.29) is 18.2 Å². The molecule has 0 aliphatic carbocycles. The van der Waals surface area contributed by atoms with Crippen molar-refractivity contribution >= 4 is 17.4 Å². The van der Waals surface area contributed by atoms with Crippen molar-refractivity contribution in [3.63, 3.8) is 0 Å². The molecule has 2 N–H and O–H groups in total. The van der Waals surface area contributed by atoms with Gasteiger partial charge in [0.1, 0.15) is 0 Å². The van der Waals surface area contributed by atoms with E-state index < -0.39 is 0 Å². The van der Waals surface area contributed by atoms with Crippen LogP contribution in [-0.2, 0) is 4.74 Å². The summed E-state index contributed by atoms with van der Waals surface area (Å²) in [6.07, 6.45) is 2.31. The summed E-state index contributed by atoms with van der Waals surface area (Å²) in [5, 5.41) is 7.87. The number of carbonyl (C=O) groups is 1. The third-order valence-electron chi connectivity index (χ3n) is 3.47. The fraction of sp³-hybridized carbons (Fsp3) is 0.643. The molecule has 6 heteroatoms. The molecule has 112 valence electrons. The van der Waals surface area contributed by atoms with Gasteiger partial charge >= 0.3 is 6.03 Å². The van der Waals surface area contributed by atoms with Gasteiger partial charge in [-0.2, -0.15) is 0 Å². The first-order valence-corrected chi connectivity index (χ1v) is 7.88. The lowest BCUT2D eigenvalue weighted by molar-refractivity contribution is 0.111. The van der Waals surface area contributed by atoms with E-state index in [0.717, 1.165) is 19.4 Å². The molecule has 1 aromatic heterocycles. The number of carbonyl (C=O) groups excluding carboxylic acids is 1. The summed E-state index contributed by atoms with van der Waals surface area (Å²) in [6.45, 7) is 2.01. The van der Waals surface area contributed by atoms with E-state index in [2.05, 4.69) is 27.0 Å². The number of likely N-dealkylation sites (N-methyl/N-ethyl adjacent to an activating group) is 1. The van der Waals surface area contributed by atoms with Crippen molar-refractivity contribution in [3.8, 4) is 0 Å². The minimum atomic E-state index is -0.121. The standard InChI is InChI=1S/C14H23N3O2S/c1-17(2)12(13-6-4-8-20-13)10-16-14(18)15-9-11-5-3-7-19-11/h4,6,8,11-12H,3,5,7,9-10H2,1-2H3,(H2,15,16,18)/t11-,12-/m0/s1. The van der Waals surface area contributed by atoms with Crippen molar-refractivity contribution < 1.29 is 9.53 Å². The summed E-state index contributed by atoms with van der Waals surface area (Å²) < 4.78 is 5.48. The fourth-order valence-corrected chi connectivity index (χ4v) is 3.20. The van der Waals surface area contributed by atoms with Gasteiger partial charge in [0.05, 0.1) is 12.1 Å². The van der Waals surface area contributed by atoms with E-state index >= 15 is 0 Å². The van der Waals surface area contributed by atoms with Crippen molar-refractivity contribution in [1.82, 2.24) is 15.5 Å². The van der Waals surface area contributed by atoms with Crippen LogP contribution in [0.5, 0.6) is 0 Å². The molecule has 2 amide bonds. The number of thiophene rings is 1. The Morgan fingerprint density at radius 1 is 1.55 bits per heavy atom. The van der Waals surface area contributed by atoms with Crippen molar-refractivity contribution in [2.75, 3.05) is 33.8 Å². The van der Waals surface area contributed by atoms with E-state index in [1.807, 2.05) is 20.2 Å². The van der Waals surface area contributed by atoms with E-state index in [1.54, 1.807) is 11.3 Å². The Morgan fingerprint density at radius 2 is 2.40 bits per heavy atom. The van der Waals surface area contributed by atoms with Gasteiger partial charge in [0, 0.05) is 24.6 Å². The summed E-state index contributed by atoms with van der Waals surface area (Å²) in [4.78, 5) is 15.2. The van der Waals surface area contributed by atoms with Gasteiger partial charge in [0.25, 0.3) is 0 Å². The molecule has 1 saturated heterocycles. The van der Waals surface area contributed by atoms with Gasteiger partial charge < -0.3 is 20.3 Å². The summed E-state index contributed by atoms with van der Waals surface area (Å²) >= 11 is 1.71. The Labute approximate surface area is 124 Å². The fourth-order valence-electron chi connectivity index (χ4n) is 2.28. The summed E-state index contributed by atoms with van der Waals surface area (Å²) in [5.74, 6) is 0. The highest BCUT2D eigenvalue weighted by Crippen LogP contribution is 2.22. The number of nitrogens with one attached hydrogen (secondary N) is 2. The number of ether oxygens (including phenoxy) is 1. The zero-order valence-electron chi connectivity index (χ0n) is 12.1. The van der Waals surface area contributed by atoms with Gasteiger partial charge in [0.15, 0.2) is 0 Å². The van der Waals surface area contributed by atoms with Crippen molar-refractivity contribution in [2.45, 2.75) is 25.0 Å². The Kier molecular flexibility index (Phi) is 5.82. The second-order valence-corrected chi connectivity index (χ2v) is 6.20. The highest BCUT2D eigenvalue weighted by atomic mass is 32.1. The molecular weight excluding hydrogens is 274 g/mol. The number of urea groups is 1. The first-order valence-electron chi connectivity index (χ1n) is 7.00. The van der Waals surface area contributed by atoms with Gasteiger partial charge in [-0.3, -0.25) is 0 Å². The highest BCUT2D eigenvalue weighted by molar-refractivity contribution is 7.10. The molecular formula is C14H23N3O2S. The summed E-state index contributed by atoms with van der Waals surface area (Å²) in [6, 6.07) is 4.22. The first-order chi connectivity index (χ1) is 9.66. The van der Waals surface area contributed by atoms with Crippen LogP contribution in [0.15, 0.2) is 17.5 Å².